The Kier molecular flexibility index (Phi) is 5.21. The van der Waals surface area contributed by atoms with Gasteiger partial charge in [-0.25, -0.2) is 4.79 Å². The summed E-state index contributed by atoms with van der Waals surface area (Å²) in [5.41, 5.74) is -0.0516. The molecule has 2 N–H and O–H groups in total. The Bertz CT molecular complexity index is 817. The Morgan fingerprint density at radius 1 is 1.00 bits per heavy atom. The summed E-state index contributed by atoms with van der Waals surface area (Å²) in [7, 11) is 0. The van der Waals surface area contributed by atoms with E-state index in [-0.39, 0.29) is 18.1 Å². The number of hydrogen-bond donors (Lipinski definition) is 2. The van der Waals surface area contributed by atoms with Crippen LogP contribution in [0.4, 0.5) is 0 Å². The normalized spacial score (nSPS) is 13.5. The van der Waals surface area contributed by atoms with Crippen LogP contribution in [0.3, 0.4) is 0 Å². The molecular weight excluding hydrogens is 332 g/mol. The Labute approximate surface area is 151 Å². The van der Waals surface area contributed by atoms with Gasteiger partial charge < -0.3 is 19.4 Å². The number of carboxylic acids is 1. The molecule has 0 radical (unpaired) electrons. The molecule has 3 rings (SSSR count). The highest BCUT2D eigenvalue weighted by molar-refractivity contribution is 5.78. The highest BCUT2D eigenvalue weighted by Gasteiger charge is 2.42. The lowest BCUT2D eigenvalue weighted by atomic mass is 9.98. The van der Waals surface area contributed by atoms with Crippen molar-refractivity contribution in [3.05, 3.63) is 95.4 Å². The van der Waals surface area contributed by atoms with E-state index in [0.29, 0.717) is 0 Å². The lowest BCUT2D eigenvalue weighted by molar-refractivity contribution is -0.174. The van der Waals surface area contributed by atoms with Gasteiger partial charge in [-0.1, -0.05) is 60.7 Å². The second kappa shape index (κ2) is 7.56. The molecule has 1 aromatic heterocycles. The van der Waals surface area contributed by atoms with Gasteiger partial charge in [-0.15, -0.1) is 0 Å². The standard InChI is InChI=1S/C21H20O5/c1-21(20(23)24,18-13-12-17(14-22)25-18)26-19(15-8-4-2-5-9-15)16-10-6-3-7-11-16/h2-13,19,22H,14H2,1H3,(H,23,24). The topological polar surface area (TPSA) is 79.9 Å². The molecule has 0 aliphatic heterocycles. The Balaban J connectivity index is 2.04. The third-order valence-electron chi connectivity index (χ3n) is 4.25. The van der Waals surface area contributed by atoms with Gasteiger partial charge >= 0.3 is 5.97 Å². The molecule has 0 saturated carbocycles. The summed E-state index contributed by atoms with van der Waals surface area (Å²) in [5, 5.41) is 19.1. The van der Waals surface area contributed by atoms with E-state index in [2.05, 4.69) is 0 Å². The van der Waals surface area contributed by atoms with Crippen molar-refractivity contribution in [3.63, 3.8) is 0 Å². The average molecular weight is 352 g/mol. The van der Waals surface area contributed by atoms with Crippen LogP contribution in [0.15, 0.2) is 77.2 Å². The number of aliphatic hydroxyl groups excluding tert-OH is 1. The lowest BCUT2D eigenvalue weighted by Crippen LogP contribution is -2.36. The number of aliphatic carboxylic acids is 1. The molecule has 0 spiro atoms. The van der Waals surface area contributed by atoms with Crippen LogP contribution in [0, 0.1) is 0 Å². The second-order valence-electron chi connectivity index (χ2n) is 6.08. The molecule has 134 valence electrons. The third-order valence-corrected chi connectivity index (χ3v) is 4.25. The Morgan fingerprint density at radius 3 is 1.96 bits per heavy atom. The molecule has 5 heteroatoms. The van der Waals surface area contributed by atoms with E-state index in [9.17, 15) is 15.0 Å². The molecule has 0 fully saturated rings. The number of benzene rings is 2. The van der Waals surface area contributed by atoms with Crippen molar-refractivity contribution in [3.8, 4) is 0 Å². The van der Waals surface area contributed by atoms with Gasteiger partial charge in [0.2, 0.25) is 5.60 Å². The molecule has 0 amide bonds. The predicted molar refractivity (Wildman–Crippen MR) is 95.4 cm³/mol. The van der Waals surface area contributed by atoms with E-state index in [1.165, 1.54) is 13.0 Å². The largest absolute Gasteiger partial charge is 0.479 e. The minimum Gasteiger partial charge on any atom is -0.479 e. The summed E-state index contributed by atoms with van der Waals surface area (Å²) < 4.78 is 11.6. The molecule has 0 aliphatic carbocycles. The lowest BCUT2D eigenvalue weighted by Gasteiger charge is -2.29. The molecule has 2 aromatic carbocycles. The van der Waals surface area contributed by atoms with Gasteiger partial charge in [-0.3, -0.25) is 0 Å². The molecule has 1 heterocycles. The van der Waals surface area contributed by atoms with Gasteiger partial charge in [-0.05, 0) is 30.2 Å². The molecule has 0 aliphatic rings. The smallest absolute Gasteiger partial charge is 0.343 e. The predicted octanol–water partition coefficient (Wildman–Crippen LogP) is 3.88. The number of furan rings is 1. The van der Waals surface area contributed by atoms with Crippen molar-refractivity contribution in [1.82, 2.24) is 0 Å². The molecule has 0 bridgehead atoms. The molecule has 1 atom stereocenters. The van der Waals surface area contributed by atoms with E-state index in [1.807, 2.05) is 60.7 Å². The third kappa shape index (κ3) is 3.54. The SMILES string of the molecule is CC(OC(c1ccccc1)c1ccccc1)(C(=O)O)c1ccc(CO)o1. The van der Waals surface area contributed by atoms with E-state index < -0.39 is 17.7 Å². The fraction of sp³-hybridized carbons (Fsp3) is 0.190. The number of hydrogen-bond acceptors (Lipinski definition) is 4. The fourth-order valence-electron chi connectivity index (χ4n) is 2.75. The van der Waals surface area contributed by atoms with E-state index >= 15 is 0 Å². The van der Waals surface area contributed by atoms with Crippen LogP contribution in [0.1, 0.15) is 35.7 Å². The average Bonchev–Trinajstić information content (AvgIpc) is 3.17. The van der Waals surface area contributed by atoms with E-state index in [1.54, 1.807) is 6.07 Å². The maximum atomic E-state index is 12.1. The summed E-state index contributed by atoms with van der Waals surface area (Å²) in [6, 6.07) is 21.9. The first-order valence-corrected chi connectivity index (χ1v) is 8.25. The van der Waals surface area contributed by atoms with Crippen molar-refractivity contribution in [1.29, 1.82) is 0 Å². The Morgan fingerprint density at radius 2 is 1.54 bits per heavy atom. The molecule has 3 aromatic rings. The summed E-state index contributed by atoms with van der Waals surface area (Å²) in [6.07, 6.45) is -0.596. The number of ether oxygens (including phenoxy) is 1. The van der Waals surface area contributed by atoms with Gasteiger partial charge in [0.1, 0.15) is 24.2 Å². The number of carbonyl (C=O) groups is 1. The Hall–Kier alpha value is -2.89. The van der Waals surface area contributed by atoms with Crippen LogP contribution >= 0.6 is 0 Å². The van der Waals surface area contributed by atoms with E-state index in [4.69, 9.17) is 9.15 Å². The first-order valence-electron chi connectivity index (χ1n) is 8.25. The number of rotatable bonds is 7. The summed E-state index contributed by atoms with van der Waals surface area (Å²) in [5.74, 6) is -0.758. The summed E-state index contributed by atoms with van der Waals surface area (Å²) in [6.45, 7) is 1.14. The van der Waals surface area contributed by atoms with Crippen molar-refractivity contribution in [2.45, 2.75) is 25.2 Å². The van der Waals surface area contributed by atoms with Gasteiger partial charge in [0, 0.05) is 0 Å². The van der Waals surface area contributed by atoms with Gasteiger partial charge in [0.25, 0.3) is 0 Å². The van der Waals surface area contributed by atoms with E-state index in [0.717, 1.165) is 11.1 Å². The van der Waals surface area contributed by atoms with Crippen LogP contribution in [0.5, 0.6) is 0 Å². The summed E-state index contributed by atoms with van der Waals surface area (Å²) in [4.78, 5) is 12.1. The van der Waals surface area contributed by atoms with Gasteiger partial charge in [0.05, 0.1) is 0 Å². The van der Waals surface area contributed by atoms with Crippen molar-refractivity contribution in [2.24, 2.45) is 0 Å². The van der Waals surface area contributed by atoms with Crippen molar-refractivity contribution in [2.75, 3.05) is 0 Å². The first-order chi connectivity index (χ1) is 12.5. The maximum absolute atomic E-state index is 12.1. The van der Waals surface area contributed by atoms with Crippen LogP contribution in [0.2, 0.25) is 0 Å². The van der Waals surface area contributed by atoms with Crippen molar-refractivity contribution < 1.29 is 24.2 Å². The number of aliphatic hydroxyl groups is 1. The highest BCUT2D eigenvalue weighted by Crippen LogP contribution is 2.37. The number of carboxylic acid groups (broad SMARTS) is 1. The minimum absolute atomic E-state index is 0.130. The molecule has 26 heavy (non-hydrogen) atoms. The van der Waals surface area contributed by atoms with Crippen LogP contribution in [-0.2, 0) is 21.7 Å². The first kappa shape index (κ1) is 17.9. The molecular formula is C21H20O5. The van der Waals surface area contributed by atoms with Gasteiger partial charge in [0.15, 0.2) is 0 Å². The highest BCUT2D eigenvalue weighted by atomic mass is 16.5. The molecule has 0 saturated heterocycles. The van der Waals surface area contributed by atoms with Gasteiger partial charge in [-0.2, -0.15) is 0 Å². The zero-order chi connectivity index (χ0) is 18.6. The molecule has 1 unspecified atom stereocenters. The fourth-order valence-corrected chi connectivity index (χ4v) is 2.75. The zero-order valence-electron chi connectivity index (χ0n) is 14.3. The van der Waals surface area contributed by atoms with Crippen LogP contribution in [0.25, 0.3) is 0 Å². The zero-order valence-corrected chi connectivity index (χ0v) is 14.3. The van der Waals surface area contributed by atoms with Crippen LogP contribution in [-0.4, -0.2) is 16.2 Å². The molecule has 5 nitrogen and oxygen atoms in total. The van der Waals surface area contributed by atoms with Crippen LogP contribution < -0.4 is 0 Å². The maximum Gasteiger partial charge on any atom is 0.343 e. The minimum atomic E-state index is -1.72. The summed E-state index contributed by atoms with van der Waals surface area (Å²) >= 11 is 0. The second-order valence-corrected chi connectivity index (χ2v) is 6.08. The monoisotopic (exact) mass is 352 g/mol. The quantitative estimate of drug-likeness (QED) is 0.674. The van der Waals surface area contributed by atoms with Crippen molar-refractivity contribution >= 4 is 5.97 Å².